The number of methoxy groups -OCH3 is 2. The van der Waals surface area contributed by atoms with Crippen molar-refractivity contribution < 1.29 is 28.5 Å². The van der Waals surface area contributed by atoms with Gasteiger partial charge in [-0.3, -0.25) is 0 Å². The first-order valence-corrected chi connectivity index (χ1v) is 7.77. The molecule has 2 aromatic rings. The zero-order chi connectivity index (χ0) is 18.5. The van der Waals surface area contributed by atoms with Crippen molar-refractivity contribution in [3.63, 3.8) is 0 Å². The highest BCUT2D eigenvalue weighted by molar-refractivity contribution is 6.01. The van der Waals surface area contributed by atoms with Crippen LogP contribution in [0, 0.1) is 0 Å². The molecule has 0 fully saturated rings. The van der Waals surface area contributed by atoms with Crippen LogP contribution in [0.5, 0.6) is 0 Å². The third kappa shape index (κ3) is 3.30. The monoisotopic (exact) mass is 352 g/mol. The number of hydrogen-bond donors (Lipinski definition) is 0. The number of carbonyl (C=O) groups is 2. The van der Waals surface area contributed by atoms with Crippen LogP contribution >= 0.6 is 0 Å². The molecule has 6 heteroatoms. The quantitative estimate of drug-likeness (QED) is 0.788. The van der Waals surface area contributed by atoms with Crippen molar-refractivity contribution in [1.82, 2.24) is 0 Å². The van der Waals surface area contributed by atoms with Gasteiger partial charge in [0.25, 0.3) is 11.5 Å². The summed E-state index contributed by atoms with van der Waals surface area (Å²) in [6.45, 7) is 0. The molecule has 0 radical (unpaired) electrons. The van der Waals surface area contributed by atoms with Gasteiger partial charge in [-0.15, -0.1) is 0 Å². The van der Waals surface area contributed by atoms with E-state index in [2.05, 4.69) is 0 Å². The minimum absolute atomic E-state index is 0.0810. The standard InChI is InChI=1S/C20H16O6/c1-23-19(21)17-15(13-9-5-3-6-10-13)26-18(20(22)24-2)16(25-17)14-11-7-4-8-12-14/h3-12H,1-2H3. The first-order valence-electron chi connectivity index (χ1n) is 7.77. The Morgan fingerprint density at radius 2 is 1.00 bits per heavy atom. The SMILES string of the molecule is COC(=O)C1=C(c2ccccc2)OC(C(=O)OC)=C(c2ccccc2)O1. The molecule has 6 nitrogen and oxygen atoms in total. The Bertz CT molecular complexity index is 806. The highest BCUT2D eigenvalue weighted by Gasteiger charge is 2.34. The zero-order valence-corrected chi connectivity index (χ0v) is 14.2. The van der Waals surface area contributed by atoms with E-state index in [9.17, 15) is 9.59 Å². The van der Waals surface area contributed by atoms with Gasteiger partial charge in [0.2, 0.25) is 0 Å². The van der Waals surface area contributed by atoms with E-state index in [1.807, 2.05) is 12.1 Å². The Morgan fingerprint density at radius 1 is 0.654 bits per heavy atom. The molecule has 0 N–H and O–H groups in total. The molecule has 0 unspecified atom stereocenters. The maximum atomic E-state index is 12.2. The molecule has 132 valence electrons. The average molecular weight is 352 g/mol. The second-order valence-corrected chi connectivity index (χ2v) is 5.24. The van der Waals surface area contributed by atoms with Crippen LogP contribution in [0.4, 0.5) is 0 Å². The zero-order valence-electron chi connectivity index (χ0n) is 14.2. The molecule has 0 aromatic heterocycles. The fourth-order valence-electron chi connectivity index (χ4n) is 2.40. The minimum atomic E-state index is -0.721. The van der Waals surface area contributed by atoms with E-state index in [0.717, 1.165) is 0 Å². The van der Waals surface area contributed by atoms with Crippen LogP contribution in [0.1, 0.15) is 11.1 Å². The highest BCUT2D eigenvalue weighted by Crippen LogP contribution is 2.36. The average Bonchev–Trinajstić information content (AvgIpc) is 2.73. The Labute approximate surface area is 150 Å². The molecule has 0 saturated carbocycles. The predicted molar refractivity (Wildman–Crippen MR) is 92.9 cm³/mol. The van der Waals surface area contributed by atoms with Crippen molar-refractivity contribution in [2.75, 3.05) is 14.2 Å². The molecular weight excluding hydrogens is 336 g/mol. The third-order valence-electron chi connectivity index (χ3n) is 3.63. The van der Waals surface area contributed by atoms with Gasteiger partial charge in [-0.05, 0) is 0 Å². The van der Waals surface area contributed by atoms with Gasteiger partial charge in [0.05, 0.1) is 14.2 Å². The van der Waals surface area contributed by atoms with Crippen LogP contribution < -0.4 is 0 Å². The van der Waals surface area contributed by atoms with Crippen LogP contribution in [0.15, 0.2) is 72.2 Å². The topological polar surface area (TPSA) is 71.1 Å². The summed E-state index contributed by atoms with van der Waals surface area (Å²) >= 11 is 0. The van der Waals surface area contributed by atoms with Crippen LogP contribution in [0.3, 0.4) is 0 Å². The number of ether oxygens (including phenoxy) is 4. The van der Waals surface area contributed by atoms with E-state index >= 15 is 0 Å². The van der Waals surface area contributed by atoms with E-state index in [1.54, 1.807) is 48.5 Å². The molecule has 0 bridgehead atoms. The highest BCUT2D eigenvalue weighted by atomic mass is 16.6. The van der Waals surface area contributed by atoms with E-state index in [1.165, 1.54) is 14.2 Å². The summed E-state index contributed by atoms with van der Waals surface area (Å²) in [4.78, 5) is 24.5. The summed E-state index contributed by atoms with van der Waals surface area (Å²) in [5.41, 5.74) is 1.11. The van der Waals surface area contributed by atoms with Crippen LogP contribution in [-0.4, -0.2) is 26.2 Å². The van der Waals surface area contributed by atoms with Crippen molar-refractivity contribution in [2.45, 2.75) is 0 Å². The van der Waals surface area contributed by atoms with Crippen LogP contribution in [-0.2, 0) is 28.5 Å². The smallest absolute Gasteiger partial charge is 0.378 e. The van der Waals surface area contributed by atoms with Gasteiger partial charge in [0.15, 0.2) is 11.5 Å². The fraction of sp³-hybridized carbons (Fsp3) is 0.100. The molecule has 0 aliphatic carbocycles. The maximum absolute atomic E-state index is 12.2. The molecule has 0 saturated heterocycles. The molecule has 26 heavy (non-hydrogen) atoms. The fourth-order valence-corrected chi connectivity index (χ4v) is 2.40. The van der Waals surface area contributed by atoms with E-state index in [4.69, 9.17) is 18.9 Å². The van der Waals surface area contributed by atoms with Crippen molar-refractivity contribution in [3.8, 4) is 0 Å². The molecule has 2 aromatic carbocycles. The molecule has 1 aliphatic heterocycles. The molecule has 0 atom stereocenters. The van der Waals surface area contributed by atoms with Crippen LogP contribution in [0.25, 0.3) is 11.5 Å². The Morgan fingerprint density at radius 3 is 1.31 bits per heavy atom. The Kier molecular flexibility index (Phi) is 5.03. The molecule has 0 amide bonds. The summed E-state index contributed by atoms with van der Waals surface area (Å²) < 4.78 is 21.2. The van der Waals surface area contributed by atoms with E-state index in [0.29, 0.717) is 11.1 Å². The summed E-state index contributed by atoms with van der Waals surface area (Å²) in [7, 11) is 2.48. The van der Waals surface area contributed by atoms with Crippen molar-refractivity contribution in [1.29, 1.82) is 0 Å². The molecule has 0 spiro atoms. The number of rotatable bonds is 4. The van der Waals surface area contributed by atoms with Gasteiger partial charge < -0.3 is 18.9 Å². The third-order valence-corrected chi connectivity index (χ3v) is 3.63. The molecule has 3 rings (SSSR count). The minimum Gasteiger partial charge on any atom is -0.463 e. The number of hydrogen-bond acceptors (Lipinski definition) is 6. The van der Waals surface area contributed by atoms with Gasteiger partial charge >= 0.3 is 11.9 Å². The molecular formula is C20H16O6. The lowest BCUT2D eigenvalue weighted by molar-refractivity contribution is -0.142. The second kappa shape index (κ2) is 7.57. The summed E-state index contributed by atoms with van der Waals surface area (Å²) in [5, 5.41) is 0. The first kappa shape index (κ1) is 17.3. The Balaban J connectivity index is 2.15. The molecule has 1 heterocycles. The van der Waals surface area contributed by atoms with Gasteiger partial charge in [0.1, 0.15) is 0 Å². The number of carbonyl (C=O) groups excluding carboxylic acids is 2. The maximum Gasteiger partial charge on any atom is 0.378 e. The summed E-state index contributed by atoms with van der Waals surface area (Å²) in [5.74, 6) is -1.58. The lowest BCUT2D eigenvalue weighted by Crippen LogP contribution is -2.21. The van der Waals surface area contributed by atoms with Gasteiger partial charge in [-0.2, -0.15) is 0 Å². The lowest BCUT2D eigenvalue weighted by Gasteiger charge is -2.24. The predicted octanol–water partition coefficient (Wildman–Crippen LogP) is 3.12. The van der Waals surface area contributed by atoms with E-state index < -0.39 is 11.9 Å². The van der Waals surface area contributed by atoms with Gasteiger partial charge in [-0.1, -0.05) is 60.7 Å². The number of esters is 2. The van der Waals surface area contributed by atoms with E-state index in [-0.39, 0.29) is 23.0 Å². The van der Waals surface area contributed by atoms with Crippen molar-refractivity contribution in [2.24, 2.45) is 0 Å². The first-order chi connectivity index (χ1) is 12.7. The largest absolute Gasteiger partial charge is 0.463 e. The lowest BCUT2D eigenvalue weighted by atomic mass is 10.1. The second-order valence-electron chi connectivity index (χ2n) is 5.24. The normalized spacial score (nSPS) is 13.6. The van der Waals surface area contributed by atoms with Crippen molar-refractivity contribution >= 4 is 23.5 Å². The Hall–Kier alpha value is -3.54. The van der Waals surface area contributed by atoms with Gasteiger partial charge in [-0.25, -0.2) is 9.59 Å². The number of benzene rings is 2. The van der Waals surface area contributed by atoms with Crippen molar-refractivity contribution in [3.05, 3.63) is 83.3 Å². The molecule has 1 aliphatic rings. The summed E-state index contributed by atoms with van der Waals surface area (Å²) in [6.07, 6.45) is 0. The summed E-state index contributed by atoms with van der Waals surface area (Å²) in [6, 6.07) is 17.6. The van der Waals surface area contributed by atoms with Crippen LogP contribution in [0.2, 0.25) is 0 Å². The van der Waals surface area contributed by atoms with Gasteiger partial charge in [0, 0.05) is 11.1 Å².